The second-order valence-corrected chi connectivity index (χ2v) is 6.65. The number of para-hydroxylation sites is 1. The molecule has 0 bridgehead atoms. The zero-order valence-corrected chi connectivity index (χ0v) is 14.7. The first-order chi connectivity index (χ1) is 12.8. The molecule has 1 aliphatic rings. The summed E-state index contributed by atoms with van der Waals surface area (Å²) >= 11 is 0. The number of rotatable bonds is 4. The van der Waals surface area contributed by atoms with E-state index in [1.54, 1.807) is 6.21 Å². The fourth-order valence-corrected chi connectivity index (χ4v) is 3.37. The van der Waals surface area contributed by atoms with Gasteiger partial charge in [0.15, 0.2) is 0 Å². The van der Waals surface area contributed by atoms with E-state index in [4.69, 9.17) is 4.98 Å². The highest BCUT2D eigenvalue weighted by Gasteiger charge is 2.16. The van der Waals surface area contributed by atoms with Crippen LogP contribution in [0.3, 0.4) is 0 Å². The normalized spacial score (nSPS) is 15.7. The van der Waals surface area contributed by atoms with Crippen molar-refractivity contribution in [3.63, 3.8) is 0 Å². The summed E-state index contributed by atoms with van der Waals surface area (Å²) in [5.41, 5.74) is 1.57. The topological polar surface area (TPSA) is 50.5 Å². The first-order valence-corrected chi connectivity index (χ1v) is 9.14. The Kier molecular flexibility index (Phi) is 4.88. The lowest BCUT2D eigenvalue weighted by atomic mass is 10.1. The minimum atomic E-state index is -0.116. The highest BCUT2D eigenvalue weighted by atomic mass is 16.1. The number of aromatic nitrogens is 2. The lowest BCUT2D eigenvalue weighted by Crippen LogP contribution is -2.33. The lowest BCUT2D eigenvalue weighted by molar-refractivity contribution is 0.213. The van der Waals surface area contributed by atoms with E-state index in [2.05, 4.69) is 10.0 Å². The van der Waals surface area contributed by atoms with Crippen LogP contribution in [0.1, 0.15) is 30.7 Å². The fourth-order valence-electron chi connectivity index (χ4n) is 3.37. The second kappa shape index (κ2) is 7.62. The van der Waals surface area contributed by atoms with Gasteiger partial charge < -0.3 is 0 Å². The third-order valence-electron chi connectivity index (χ3n) is 4.76. The number of benzene rings is 2. The Morgan fingerprint density at radius 2 is 1.69 bits per heavy atom. The maximum absolute atomic E-state index is 13.0. The number of nitrogens with zero attached hydrogens (tertiary/aromatic N) is 4. The van der Waals surface area contributed by atoms with Crippen molar-refractivity contribution in [1.29, 1.82) is 0 Å². The predicted molar refractivity (Wildman–Crippen MR) is 105 cm³/mol. The molecule has 3 aromatic rings. The molecule has 4 rings (SSSR count). The maximum Gasteiger partial charge on any atom is 0.282 e. The Morgan fingerprint density at radius 3 is 2.50 bits per heavy atom. The van der Waals surface area contributed by atoms with Crippen LogP contribution in [0.25, 0.3) is 10.9 Å². The van der Waals surface area contributed by atoms with Crippen molar-refractivity contribution in [3.8, 4) is 0 Å². The van der Waals surface area contributed by atoms with E-state index in [9.17, 15) is 4.79 Å². The van der Waals surface area contributed by atoms with Crippen molar-refractivity contribution in [3.05, 3.63) is 76.3 Å². The van der Waals surface area contributed by atoms with Crippen LogP contribution >= 0.6 is 0 Å². The Morgan fingerprint density at radius 1 is 0.962 bits per heavy atom. The molecule has 132 valence electrons. The number of hydrogen-bond donors (Lipinski definition) is 0. The second-order valence-electron chi connectivity index (χ2n) is 6.65. The Hall–Kier alpha value is -2.79. The standard InChI is InChI=1S/C21H22N4O/c26-21-18-11-5-6-12-19(18)23-20(16-24-13-7-2-8-14-24)25(21)22-15-17-9-3-1-4-10-17/h1,3-6,9-12,15H,2,7-8,13-14,16H2/b22-15+. The van der Waals surface area contributed by atoms with Crippen LogP contribution < -0.4 is 5.56 Å². The Bertz CT molecular complexity index is 972. The van der Waals surface area contributed by atoms with Crippen molar-refractivity contribution in [2.75, 3.05) is 13.1 Å². The molecule has 26 heavy (non-hydrogen) atoms. The third kappa shape index (κ3) is 3.58. The minimum Gasteiger partial charge on any atom is -0.296 e. The van der Waals surface area contributed by atoms with Crippen LogP contribution in [0.4, 0.5) is 0 Å². The van der Waals surface area contributed by atoms with Gasteiger partial charge in [0.2, 0.25) is 0 Å². The summed E-state index contributed by atoms with van der Waals surface area (Å²) in [7, 11) is 0. The van der Waals surface area contributed by atoms with Gasteiger partial charge in [-0.25, -0.2) is 4.98 Å². The molecule has 0 unspecified atom stereocenters. The van der Waals surface area contributed by atoms with E-state index < -0.39 is 0 Å². The summed E-state index contributed by atoms with van der Waals surface area (Å²) in [6.07, 6.45) is 5.40. The highest BCUT2D eigenvalue weighted by Crippen LogP contribution is 2.14. The molecule has 5 heteroatoms. The van der Waals surface area contributed by atoms with E-state index in [1.807, 2.05) is 54.6 Å². The van der Waals surface area contributed by atoms with Gasteiger partial charge in [-0.3, -0.25) is 9.69 Å². The molecule has 0 atom stereocenters. The van der Waals surface area contributed by atoms with E-state index >= 15 is 0 Å². The van der Waals surface area contributed by atoms with Crippen molar-refractivity contribution in [1.82, 2.24) is 14.6 Å². The number of piperidine rings is 1. The third-order valence-corrected chi connectivity index (χ3v) is 4.76. The molecular weight excluding hydrogens is 324 g/mol. The molecule has 2 heterocycles. The summed E-state index contributed by atoms with van der Waals surface area (Å²) in [5, 5.41) is 5.08. The first-order valence-electron chi connectivity index (χ1n) is 9.14. The molecule has 1 saturated heterocycles. The van der Waals surface area contributed by atoms with Gasteiger partial charge in [-0.15, -0.1) is 0 Å². The number of hydrogen-bond acceptors (Lipinski definition) is 4. The van der Waals surface area contributed by atoms with Gasteiger partial charge in [0.1, 0.15) is 5.82 Å². The molecule has 2 aromatic carbocycles. The van der Waals surface area contributed by atoms with Gasteiger partial charge in [-0.05, 0) is 43.6 Å². The van der Waals surface area contributed by atoms with Crippen LogP contribution in [0, 0.1) is 0 Å². The summed E-state index contributed by atoms with van der Waals surface area (Å²) < 4.78 is 1.46. The monoisotopic (exact) mass is 346 g/mol. The summed E-state index contributed by atoms with van der Waals surface area (Å²) in [6.45, 7) is 2.74. The summed E-state index contributed by atoms with van der Waals surface area (Å²) in [6, 6.07) is 17.3. The molecule has 1 aromatic heterocycles. The van der Waals surface area contributed by atoms with Gasteiger partial charge >= 0.3 is 0 Å². The van der Waals surface area contributed by atoms with E-state index in [-0.39, 0.29) is 5.56 Å². The maximum atomic E-state index is 13.0. The van der Waals surface area contributed by atoms with Crippen molar-refractivity contribution in [2.24, 2.45) is 5.10 Å². The largest absolute Gasteiger partial charge is 0.296 e. The molecule has 1 aliphatic heterocycles. The van der Waals surface area contributed by atoms with Crippen LogP contribution in [0.2, 0.25) is 0 Å². The van der Waals surface area contributed by atoms with Crippen LogP contribution in [0.5, 0.6) is 0 Å². The quantitative estimate of drug-likeness (QED) is 0.681. The molecule has 5 nitrogen and oxygen atoms in total. The van der Waals surface area contributed by atoms with Crippen LogP contribution in [-0.4, -0.2) is 33.9 Å². The fraction of sp³-hybridized carbons (Fsp3) is 0.286. The molecule has 0 N–H and O–H groups in total. The van der Waals surface area contributed by atoms with Gasteiger partial charge in [0.25, 0.3) is 5.56 Å². The molecule has 0 saturated carbocycles. The van der Waals surface area contributed by atoms with Gasteiger partial charge in [-0.1, -0.05) is 48.9 Å². The summed E-state index contributed by atoms with van der Waals surface area (Å²) in [4.78, 5) is 20.1. The number of fused-ring (bicyclic) bond motifs is 1. The minimum absolute atomic E-state index is 0.116. The number of likely N-dealkylation sites (tertiary alicyclic amines) is 1. The zero-order chi connectivity index (χ0) is 17.8. The van der Waals surface area contributed by atoms with Gasteiger partial charge in [0.05, 0.1) is 23.7 Å². The van der Waals surface area contributed by atoms with Gasteiger partial charge in [-0.2, -0.15) is 9.78 Å². The smallest absolute Gasteiger partial charge is 0.282 e. The molecule has 0 spiro atoms. The molecule has 0 radical (unpaired) electrons. The lowest BCUT2D eigenvalue weighted by Gasteiger charge is -2.26. The van der Waals surface area contributed by atoms with Crippen molar-refractivity contribution >= 4 is 17.1 Å². The van der Waals surface area contributed by atoms with Gasteiger partial charge in [0, 0.05) is 0 Å². The molecule has 0 amide bonds. The Balaban J connectivity index is 1.77. The average Bonchev–Trinajstić information content (AvgIpc) is 2.69. The van der Waals surface area contributed by atoms with E-state index in [0.717, 1.165) is 24.2 Å². The van der Waals surface area contributed by atoms with E-state index in [1.165, 1.54) is 23.9 Å². The van der Waals surface area contributed by atoms with E-state index in [0.29, 0.717) is 17.8 Å². The predicted octanol–water partition coefficient (Wildman–Crippen LogP) is 3.26. The van der Waals surface area contributed by atoms with Crippen LogP contribution in [-0.2, 0) is 6.54 Å². The van der Waals surface area contributed by atoms with Crippen molar-refractivity contribution < 1.29 is 0 Å². The molecule has 1 fully saturated rings. The SMILES string of the molecule is O=c1c2ccccc2nc(CN2CCCCC2)n1/N=C/c1ccccc1. The Labute approximate surface area is 152 Å². The average molecular weight is 346 g/mol. The zero-order valence-electron chi connectivity index (χ0n) is 14.7. The van der Waals surface area contributed by atoms with Crippen LogP contribution in [0.15, 0.2) is 64.5 Å². The van der Waals surface area contributed by atoms with Crippen molar-refractivity contribution in [2.45, 2.75) is 25.8 Å². The molecule has 0 aliphatic carbocycles. The highest BCUT2D eigenvalue weighted by molar-refractivity contribution is 5.80. The first kappa shape index (κ1) is 16.7. The molecular formula is C21H22N4O. The summed E-state index contributed by atoms with van der Waals surface area (Å²) in [5.74, 6) is 0.697.